The fourth-order valence-corrected chi connectivity index (χ4v) is 4.72. The Hall–Kier alpha value is -3.45. The van der Waals surface area contributed by atoms with Crippen LogP contribution in [0, 0.1) is 23.0 Å². The van der Waals surface area contributed by atoms with E-state index in [9.17, 15) is 18.8 Å². The number of carbonyl (C=O) groups is 1. The Morgan fingerprint density at radius 3 is 2.34 bits per heavy atom. The molecule has 3 aromatic carbocycles. The van der Waals surface area contributed by atoms with Crippen molar-refractivity contribution in [2.75, 3.05) is 26.9 Å². The van der Waals surface area contributed by atoms with E-state index >= 15 is 0 Å². The molecule has 41 heavy (non-hydrogen) atoms. The minimum atomic E-state index is -0.661. The molecule has 0 heterocycles. The Labute approximate surface area is 246 Å². The zero-order chi connectivity index (χ0) is 30.4. The van der Waals surface area contributed by atoms with Crippen molar-refractivity contribution in [2.24, 2.45) is 0 Å². The van der Waals surface area contributed by atoms with Crippen molar-refractivity contribution in [1.29, 1.82) is 5.26 Å². The molecule has 0 aliphatic rings. The predicted octanol–water partition coefficient (Wildman–Crippen LogP) is 7.80. The number of ether oxygens (including phenoxy) is 3. The molecule has 0 bridgehead atoms. The normalized spacial score (nSPS) is 10.9. The second kappa shape index (κ2) is 16.7. The standard InChI is InChI=1S/C30H32F2N2O4S.C2H6/c1-30(2,3)38-29(35)20-37-28-11-6-21(16-27(28)23-14-22(18-33)15-25(32)17-23)19-34(12-5-13-36-4)39-26-9-7-24(31)8-10-26;1-2/h6-11,14-17H,5,12-13,19-20H2,1-4H3;1-2H3. The third kappa shape index (κ3) is 11.9. The first-order chi connectivity index (χ1) is 19.6. The third-order valence-electron chi connectivity index (χ3n) is 5.31. The van der Waals surface area contributed by atoms with E-state index in [0.29, 0.717) is 36.6 Å². The Morgan fingerprint density at radius 1 is 1.00 bits per heavy atom. The molecule has 0 fully saturated rings. The van der Waals surface area contributed by atoms with Crippen LogP contribution in [0.3, 0.4) is 0 Å². The van der Waals surface area contributed by atoms with Crippen molar-refractivity contribution in [3.63, 3.8) is 0 Å². The highest BCUT2D eigenvalue weighted by molar-refractivity contribution is 7.97. The summed E-state index contributed by atoms with van der Waals surface area (Å²) in [6.07, 6.45) is 0.782. The Morgan fingerprint density at radius 2 is 1.71 bits per heavy atom. The molecule has 3 rings (SSSR count). The van der Waals surface area contributed by atoms with Crippen LogP contribution in [0.4, 0.5) is 8.78 Å². The van der Waals surface area contributed by atoms with Gasteiger partial charge in [0.2, 0.25) is 0 Å². The number of rotatable bonds is 12. The lowest BCUT2D eigenvalue weighted by atomic mass is 9.99. The van der Waals surface area contributed by atoms with Crippen LogP contribution in [0.25, 0.3) is 11.1 Å². The molecule has 0 saturated heterocycles. The largest absolute Gasteiger partial charge is 0.481 e. The average molecular weight is 585 g/mol. The summed E-state index contributed by atoms with van der Waals surface area (Å²) in [6, 6.07) is 17.8. The van der Waals surface area contributed by atoms with Crippen molar-refractivity contribution < 1.29 is 27.8 Å². The number of halogens is 2. The second-order valence-corrected chi connectivity index (χ2v) is 11.0. The average Bonchev–Trinajstić information content (AvgIpc) is 2.93. The van der Waals surface area contributed by atoms with Gasteiger partial charge in [-0.15, -0.1) is 0 Å². The quantitative estimate of drug-likeness (QED) is 0.122. The Kier molecular flexibility index (Phi) is 13.8. The Balaban J connectivity index is 0.00000287. The molecule has 0 amide bonds. The second-order valence-electron chi connectivity index (χ2n) is 9.80. The highest BCUT2D eigenvalue weighted by atomic mass is 32.2. The molecular weight excluding hydrogens is 546 g/mol. The molecule has 6 nitrogen and oxygen atoms in total. The van der Waals surface area contributed by atoms with Crippen LogP contribution in [0.5, 0.6) is 5.75 Å². The first-order valence-electron chi connectivity index (χ1n) is 13.4. The molecule has 0 saturated carbocycles. The molecule has 0 unspecified atom stereocenters. The molecule has 220 valence electrons. The van der Waals surface area contributed by atoms with Gasteiger partial charge in [-0.1, -0.05) is 19.9 Å². The lowest BCUT2D eigenvalue weighted by Crippen LogP contribution is -2.27. The van der Waals surface area contributed by atoms with E-state index in [4.69, 9.17) is 14.2 Å². The van der Waals surface area contributed by atoms with Gasteiger partial charge in [0.1, 0.15) is 23.0 Å². The van der Waals surface area contributed by atoms with Gasteiger partial charge < -0.3 is 14.2 Å². The van der Waals surface area contributed by atoms with E-state index in [0.717, 1.165) is 22.9 Å². The first kappa shape index (κ1) is 33.8. The van der Waals surface area contributed by atoms with Gasteiger partial charge in [-0.3, -0.25) is 0 Å². The summed E-state index contributed by atoms with van der Waals surface area (Å²) in [5.41, 5.74) is 1.39. The van der Waals surface area contributed by atoms with Gasteiger partial charge in [-0.05, 0) is 105 Å². The molecule has 0 spiro atoms. The number of hydrogen-bond donors (Lipinski definition) is 0. The number of hydrogen-bond acceptors (Lipinski definition) is 7. The zero-order valence-electron chi connectivity index (χ0n) is 24.5. The van der Waals surface area contributed by atoms with Crippen molar-refractivity contribution in [1.82, 2.24) is 4.31 Å². The van der Waals surface area contributed by atoms with Crippen LogP contribution in [-0.4, -0.2) is 42.7 Å². The van der Waals surface area contributed by atoms with Crippen molar-refractivity contribution >= 4 is 17.9 Å². The highest BCUT2D eigenvalue weighted by Gasteiger charge is 2.19. The minimum absolute atomic E-state index is 0.168. The molecule has 0 aliphatic heterocycles. The van der Waals surface area contributed by atoms with Crippen LogP contribution in [0.15, 0.2) is 65.6 Å². The van der Waals surface area contributed by atoms with E-state index in [1.54, 1.807) is 52.1 Å². The molecule has 0 aromatic heterocycles. The highest BCUT2D eigenvalue weighted by Crippen LogP contribution is 2.34. The lowest BCUT2D eigenvalue weighted by Gasteiger charge is -2.22. The molecule has 0 radical (unpaired) electrons. The maximum Gasteiger partial charge on any atom is 0.344 e. The summed E-state index contributed by atoms with van der Waals surface area (Å²) in [5, 5.41) is 9.37. The minimum Gasteiger partial charge on any atom is -0.481 e. The number of nitriles is 1. The topological polar surface area (TPSA) is 71.8 Å². The maximum atomic E-state index is 14.4. The van der Waals surface area contributed by atoms with Gasteiger partial charge >= 0.3 is 5.97 Å². The van der Waals surface area contributed by atoms with E-state index in [1.807, 2.05) is 32.0 Å². The third-order valence-corrected chi connectivity index (χ3v) is 6.36. The van der Waals surface area contributed by atoms with Crippen molar-refractivity contribution in [2.45, 2.75) is 58.1 Å². The van der Waals surface area contributed by atoms with Crippen molar-refractivity contribution in [3.8, 4) is 22.9 Å². The molecule has 0 atom stereocenters. The van der Waals surface area contributed by atoms with Gasteiger partial charge in [0.15, 0.2) is 6.61 Å². The van der Waals surface area contributed by atoms with Crippen molar-refractivity contribution in [3.05, 3.63) is 83.4 Å². The SMILES string of the molecule is CC.COCCCN(Cc1ccc(OCC(=O)OC(C)(C)C)c(-c2cc(F)cc(C#N)c2)c1)Sc1ccc(F)cc1. The van der Waals surface area contributed by atoms with Gasteiger partial charge in [-0.2, -0.15) is 5.26 Å². The summed E-state index contributed by atoms with van der Waals surface area (Å²) >= 11 is 1.49. The number of methoxy groups -OCH3 is 1. The Bertz CT molecular complexity index is 1300. The van der Waals surface area contributed by atoms with Crippen LogP contribution >= 0.6 is 11.9 Å². The molecule has 3 aromatic rings. The fourth-order valence-electron chi connectivity index (χ4n) is 3.73. The molecule has 0 aliphatic carbocycles. The fraction of sp³-hybridized carbons (Fsp3) is 0.375. The van der Waals surface area contributed by atoms with E-state index in [-0.39, 0.29) is 18.0 Å². The molecule has 9 heteroatoms. The van der Waals surface area contributed by atoms with E-state index in [2.05, 4.69) is 4.31 Å². The summed E-state index contributed by atoms with van der Waals surface area (Å²) in [6.45, 7) is 10.8. The maximum absolute atomic E-state index is 14.4. The van der Waals surface area contributed by atoms with E-state index < -0.39 is 17.4 Å². The number of nitrogens with zero attached hydrogens (tertiary/aromatic N) is 2. The summed E-state index contributed by atoms with van der Waals surface area (Å²) in [7, 11) is 1.65. The summed E-state index contributed by atoms with van der Waals surface area (Å²) in [4.78, 5) is 13.2. The monoisotopic (exact) mass is 584 g/mol. The zero-order valence-corrected chi connectivity index (χ0v) is 25.3. The number of benzene rings is 3. The van der Waals surface area contributed by atoms with Crippen LogP contribution < -0.4 is 4.74 Å². The van der Waals surface area contributed by atoms with Gasteiger partial charge in [0, 0.05) is 37.3 Å². The molecular formula is C32H38F2N2O4S. The van der Waals surface area contributed by atoms with E-state index in [1.165, 1.54) is 30.1 Å². The van der Waals surface area contributed by atoms with Crippen LogP contribution in [-0.2, 0) is 20.8 Å². The summed E-state index contributed by atoms with van der Waals surface area (Å²) < 4.78 is 46.3. The first-order valence-corrected chi connectivity index (χ1v) is 14.2. The van der Waals surface area contributed by atoms with Gasteiger partial charge in [-0.25, -0.2) is 17.9 Å². The van der Waals surface area contributed by atoms with Gasteiger partial charge in [0.25, 0.3) is 0 Å². The predicted molar refractivity (Wildman–Crippen MR) is 158 cm³/mol. The lowest BCUT2D eigenvalue weighted by molar-refractivity contribution is -0.157. The number of esters is 1. The van der Waals surface area contributed by atoms with Crippen LogP contribution in [0.2, 0.25) is 0 Å². The van der Waals surface area contributed by atoms with Crippen LogP contribution in [0.1, 0.15) is 52.2 Å². The van der Waals surface area contributed by atoms with Gasteiger partial charge in [0.05, 0.1) is 11.6 Å². The number of carbonyl (C=O) groups excluding carboxylic acids is 1. The summed E-state index contributed by atoms with van der Waals surface area (Å²) in [5.74, 6) is -1.03. The molecule has 0 N–H and O–H groups in total. The smallest absolute Gasteiger partial charge is 0.344 e.